The monoisotopic (exact) mass is 361 g/mol. The summed E-state index contributed by atoms with van der Waals surface area (Å²) in [4.78, 5) is 26.7. The Balaban J connectivity index is 1.64. The van der Waals surface area contributed by atoms with Gasteiger partial charge in [-0.15, -0.1) is 0 Å². The van der Waals surface area contributed by atoms with Gasteiger partial charge < -0.3 is 10.6 Å². The van der Waals surface area contributed by atoms with Crippen molar-refractivity contribution in [3.63, 3.8) is 0 Å². The van der Waals surface area contributed by atoms with Crippen molar-refractivity contribution in [1.29, 1.82) is 0 Å². The normalized spacial score (nSPS) is 22.8. The summed E-state index contributed by atoms with van der Waals surface area (Å²) in [5.41, 5.74) is 0.762. The van der Waals surface area contributed by atoms with Crippen molar-refractivity contribution in [2.75, 3.05) is 26.2 Å². The maximum Gasteiger partial charge on any atom is 0.237 e. The summed E-state index contributed by atoms with van der Waals surface area (Å²) >= 11 is 0. The Morgan fingerprint density at radius 1 is 1.38 bits per heavy atom. The maximum absolute atomic E-state index is 13.7. The third-order valence-corrected chi connectivity index (χ3v) is 5.85. The van der Waals surface area contributed by atoms with Gasteiger partial charge in [-0.1, -0.05) is 31.9 Å². The van der Waals surface area contributed by atoms with Crippen molar-refractivity contribution in [3.05, 3.63) is 35.6 Å². The van der Waals surface area contributed by atoms with Crippen molar-refractivity contribution in [2.24, 2.45) is 0 Å². The Hall–Kier alpha value is -1.95. The number of halogens is 1. The highest BCUT2D eigenvalue weighted by Gasteiger charge is 2.37. The molecule has 142 valence electrons. The maximum atomic E-state index is 13.7. The molecule has 26 heavy (non-hydrogen) atoms. The fraction of sp³-hybridized carbons (Fsp3) is 0.600. The minimum Gasteiger partial charge on any atom is -0.355 e. The van der Waals surface area contributed by atoms with Gasteiger partial charge in [-0.05, 0) is 37.1 Å². The molecule has 5 nitrogen and oxygen atoms in total. The van der Waals surface area contributed by atoms with Crippen LogP contribution in [0.2, 0.25) is 0 Å². The summed E-state index contributed by atoms with van der Waals surface area (Å²) < 4.78 is 13.7. The number of nitrogens with zero attached hydrogens (tertiary/aromatic N) is 1. The second kappa shape index (κ2) is 8.16. The molecule has 0 spiro atoms. The van der Waals surface area contributed by atoms with E-state index in [-0.39, 0.29) is 29.5 Å². The van der Waals surface area contributed by atoms with E-state index in [2.05, 4.69) is 10.6 Å². The average Bonchev–Trinajstić information content (AvgIpc) is 3.12. The molecule has 1 aromatic carbocycles. The lowest BCUT2D eigenvalue weighted by Crippen LogP contribution is -2.56. The number of nitrogens with one attached hydrogen (secondary N) is 2. The molecule has 3 rings (SSSR count). The number of amides is 2. The van der Waals surface area contributed by atoms with Crippen LogP contribution in [0.1, 0.15) is 44.6 Å². The zero-order valence-corrected chi connectivity index (χ0v) is 15.4. The Morgan fingerprint density at radius 2 is 2.15 bits per heavy atom. The highest BCUT2D eigenvalue weighted by molar-refractivity contribution is 5.88. The molecule has 1 saturated heterocycles. The molecular formula is C20H28FN3O2. The lowest BCUT2D eigenvalue weighted by atomic mass is 9.78. The molecule has 0 bridgehead atoms. The molecule has 2 fully saturated rings. The molecule has 1 unspecified atom stereocenters. The Labute approximate surface area is 154 Å². The average molecular weight is 361 g/mol. The van der Waals surface area contributed by atoms with Gasteiger partial charge in [0.1, 0.15) is 5.82 Å². The highest BCUT2D eigenvalue weighted by atomic mass is 19.1. The number of hydrogen-bond acceptors (Lipinski definition) is 3. The quantitative estimate of drug-likeness (QED) is 0.814. The third kappa shape index (κ3) is 4.06. The van der Waals surface area contributed by atoms with Gasteiger partial charge in [0, 0.05) is 25.0 Å². The predicted molar refractivity (Wildman–Crippen MR) is 98.2 cm³/mol. The smallest absolute Gasteiger partial charge is 0.237 e. The van der Waals surface area contributed by atoms with E-state index < -0.39 is 6.04 Å². The van der Waals surface area contributed by atoms with Crippen molar-refractivity contribution in [2.45, 2.75) is 50.5 Å². The Kier molecular flexibility index (Phi) is 5.91. The number of carbonyl (C=O) groups excluding carboxylic acids is 2. The number of rotatable bonds is 6. The van der Waals surface area contributed by atoms with Crippen LogP contribution in [0, 0.1) is 5.82 Å². The summed E-state index contributed by atoms with van der Waals surface area (Å²) in [6, 6.07) is 6.32. The van der Waals surface area contributed by atoms with Crippen LogP contribution in [0.3, 0.4) is 0 Å². The summed E-state index contributed by atoms with van der Waals surface area (Å²) in [5.74, 6) is -0.431. The molecule has 6 heteroatoms. The SMILES string of the molecule is CCN1CCNC(=O)C1CC(=O)NCC1(c2cccc(F)c2)CCCC1. The van der Waals surface area contributed by atoms with Gasteiger partial charge in [-0.25, -0.2) is 4.39 Å². The molecule has 0 radical (unpaired) electrons. The number of carbonyl (C=O) groups is 2. The summed E-state index contributed by atoms with van der Waals surface area (Å²) in [6.07, 6.45) is 4.23. The number of hydrogen-bond donors (Lipinski definition) is 2. The van der Waals surface area contributed by atoms with Crippen LogP contribution in [0.25, 0.3) is 0 Å². The van der Waals surface area contributed by atoms with E-state index >= 15 is 0 Å². The molecule has 1 aliphatic heterocycles. The zero-order chi connectivity index (χ0) is 18.6. The first-order valence-corrected chi connectivity index (χ1v) is 9.58. The van der Waals surface area contributed by atoms with Crippen LogP contribution in [0.4, 0.5) is 4.39 Å². The Bertz CT molecular complexity index is 658. The molecule has 1 aromatic rings. The molecule has 1 saturated carbocycles. The van der Waals surface area contributed by atoms with Gasteiger partial charge in [-0.3, -0.25) is 14.5 Å². The van der Waals surface area contributed by atoms with Crippen LogP contribution in [-0.2, 0) is 15.0 Å². The zero-order valence-electron chi connectivity index (χ0n) is 15.4. The van der Waals surface area contributed by atoms with Gasteiger partial charge in [0.25, 0.3) is 0 Å². The van der Waals surface area contributed by atoms with Crippen molar-refractivity contribution in [3.8, 4) is 0 Å². The number of likely N-dealkylation sites (N-methyl/N-ethyl adjacent to an activating group) is 1. The molecule has 1 atom stereocenters. The van der Waals surface area contributed by atoms with Gasteiger partial charge >= 0.3 is 0 Å². The molecule has 2 aliphatic rings. The van der Waals surface area contributed by atoms with E-state index in [9.17, 15) is 14.0 Å². The lowest BCUT2D eigenvalue weighted by molar-refractivity contribution is -0.133. The molecule has 2 N–H and O–H groups in total. The number of piperazine rings is 1. The molecule has 1 heterocycles. The third-order valence-electron chi connectivity index (χ3n) is 5.85. The van der Waals surface area contributed by atoms with Crippen molar-refractivity contribution >= 4 is 11.8 Å². The predicted octanol–water partition coefficient (Wildman–Crippen LogP) is 1.96. The Morgan fingerprint density at radius 3 is 2.85 bits per heavy atom. The summed E-state index contributed by atoms with van der Waals surface area (Å²) in [7, 11) is 0. The summed E-state index contributed by atoms with van der Waals surface area (Å²) in [6.45, 7) is 4.65. The first kappa shape index (κ1) is 18.8. The fourth-order valence-corrected chi connectivity index (χ4v) is 4.32. The van der Waals surface area contributed by atoms with E-state index in [1.165, 1.54) is 6.07 Å². The minimum atomic E-state index is -0.401. The first-order valence-electron chi connectivity index (χ1n) is 9.58. The lowest BCUT2D eigenvalue weighted by Gasteiger charge is -2.34. The van der Waals surface area contributed by atoms with Crippen LogP contribution in [0.15, 0.2) is 24.3 Å². The van der Waals surface area contributed by atoms with E-state index in [1.807, 2.05) is 17.9 Å². The summed E-state index contributed by atoms with van der Waals surface area (Å²) in [5, 5.41) is 5.86. The second-order valence-corrected chi connectivity index (χ2v) is 7.41. The molecule has 0 aromatic heterocycles. The molecule has 2 amide bonds. The highest BCUT2D eigenvalue weighted by Crippen LogP contribution is 2.40. The van der Waals surface area contributed by atoms with E-state index in [0.29, 0.717) is 13.1 Å². The first-order chi connectivity index (χ1) is 12.5. The van der Waals surface area contributed by atoms with Crippen LogP contribution in [-0.4, -0.2) is 48.9 Å². The topological polar surface area (TPSA) is 61.4 Å². The van der Waals surface area contributed by atoms with E-state index in [0.717, 1.165) is 44.3 Å². The van der Waals surface area contributed by atoms with Gasteiger partial charge in [-0.2, -0.15) is 0 Å². The largest absolute Gasteiger partial charge is 0.355 e. The van der Waals surface area contributed by atoms with Crippen LogP contribution >= 0.6 is 0 Å². The molecular weight excluding hydrogens is 333 g/mol. The minimum absolute atomic E-state index is 0.0750. The van der Waals surface area contributed by atoms with Crippen molar-refractivity contribution in [1.82, 2.24) is 15.5 Å². The standard InChI is InChI=1S/C20H28FN3O2/c1-2-24-11-10-22-19(26)17(24)13-18(25)23-14-20(8-3-4-9-20)15-6-5-7-16(21)12-15/h5-7,12,17H,2-4,8-11,13-14H2,1H3,(H,22,26)(H,23,25). The van der Waals surface area contributed by atoms with E-state index in [4.69, 9.17) is 0 Å². The van der Waals surface area contributed by atoms with Crippen molar-refractivity contribution < 1.29 is 14.0 Å². The van der Waals surface area contributed by atoms with Gasteiger partial charge in [0.05, 0.1) is 12.5 Å². The van der Waals surface area contributed by atoms with Crippen LogP contribution in [0.5, 0.6) is 0 Å². The van der Waals surface area contributed by atoms with Gasteiger partial charge in [0.2, 0.25) is 11.8 Å². The van der Waals surface area contributed by atoms with E-state index in [1.54, 1.807) is 12.1 Å². The van der Waals surface area contributed by atoms with Crippen LogP contribution < -0.4 is 10.6 Å². The fourth-order valence-electron chi connectivity index (χ4n) is 4.32. The number of benzene rings is 1. The second-order valence-electron chi connectivity index (χ2n) is 7.41. The molecule has 1 aliphatic carbocycles. The van der Waals surface area contributed by atoms with Gasteiger partial charge in [0.15, 0.2) is 0 Å².